The van der Waals surface area contributed by atoms with Crippen molar-refractivity contribution in [3.05, 3.63) is 243 Å². The largest absolute Gasteiger partial charge is 0.311 e. The fourth-order valence-electron chi connectivity index (χ4n) is 9.25. The van der Waals surface area contributed by atoms with Crippen LogP contribution in [0.4, 0.5) is 17.1 Å². The van der Waals surface area contributed by atoms with Gasteiger partial charge in [-0.1, -0.05) is 170 Å². The average Bonchev–Trinajstić information content (AvgIpc) is 3.90. The van der Waals surface area contributed by atoms with Crippen LogP contribution in [0.1, 0.15) is 0 Å². The van der Waals surface area contributed by atoms with Crippen LogP contribution >= 0.6 is 11.3 Å². The Morgan fingerprint density at radius 2 is 0.667 bits per heavy atom. The van der Waals surface area contributed by atoms with Crippen LogP contribution in [0.2, 0.25) is 0 Å². The molecule has 0 N–H and O–H groups in total. The zero-order chi connectivity index (χ0) is 41.7. The summed E-state index contributed by atoms with van der Waals surface area (Å²) in [6.07, 6.45) is 0. The maximum Gasteiger partial charge on any atom is 0.0547 e. The number of nitrogens with zero attached hydrogens (tertiary/aromatic N) is 2. The van der Waals surface area contributed by atoms with Gasteiger partial charge in [-0.3, -0.25) is 0 Å². The van der Waals surface area contributed by atoms with Gasteiger partial charge in [-0.15, -0.1) is 11.3 Å². The lowest BCUT2D eigenvalue weighted by Crippen LogP contribution is -2.09. The molecule has 2 aromatic heterocycles. The normalized spacial score (nSPS) is 11.5. The molecule has 10 aromatic carbocycles. The first-order chi connectivity index (χ1) is 31.2. The third-order valence-electron chi connectivity index (χ3n) is 12.4. The second-order valence-electron chi connectivity index (χ2n) is 16.1. The van der Waals surface area contributed by atoms with Crippen molar-refractivity contribution in [3.8, 4) is 50.2 Å². The van der Waals surface area contributed by atoms with Gasteiger partial charge in [0.25, 0.3) is 0 Å². The Kier molecular flexibility index (Phi) is 9.06. The van der Waals surface area contributed by atoms with E-state index in [1.54, 1.807) is 0 Å². The predicted molar refractivity (Wildman–Crippen MR) is 270 cm³/mol. The number of hydrogen-bond acceptors (Lipinski definition) is 2. The quantitative estimate of drug-likeness (QED) is 0.148. The van der Waals surface area contributed by atoms with E-state index in [9.17, 15) is 0 Å². The third-order valence-corrected chi connectivity index (χ3v) is 13.6. The first-order valence-electron chi connectivity index (χ1n) is 21.5. The molecule has 2 heterocycles. The fraction of sp³-hybridized carbons (Fsp3) is 0. The molecule has 12 rings (SSSR count). The molecule has 63 heavy (non-hydrogen) atoms. The highest BCUT2D eigenvalue weighted by molar-refractivity contribution is 7.25. The van der Waals surface area contributed by atoms with Crippen molar-refractivity contribution in [1.29, 1.82) is 0 Å². The molecule has 3 heteroatoms. The Hall–Kier alpha value is -7.98. The van der Waals surface area contributed by atoms with Crippen molar-refractivity contribution < 1.29 is 0 Å². The standard InChI is InChI=1S/C60H40N2S/c1-3-11-41(12-4-1)42-19-21-43(22-20-42)44-23-31-50(32-24-44)61(52-35-27-46(28-36-52)48-30-38-56-55-16-8-10-18-59(55)63-60(56)40-48)51-33-25-45(26-34-51)47-29-37-54-53-15-7-9-17-57(53)62(58(54)39-47)49-13-5-2-6-14-49/h1-40H. The van der Waals surface area contributed by atoms with Gasteiger partial charge in [0.1, 0.15) is 0 Å². The highest BCUT2D eigenvalue weighted by Crippen LogP contribution is 2.41. The Morgan fingerprint density at radius 3 is 1.27 bits per heavy atom. The Balaban J connectivity index is 0.908. The zero-order valence-corrected chi connectivity index (χ0v) is 35.2. The van der Waals surface area contributed by atoms with Crippen LogP contribution in [0.3, 0.4) is 0 Å². The van der Waals surface area contributed by atoms with Gasteiger partial charge in [0, 0.05) is 53.7 Å². The summed E-state index contributed by atoms with van der Waals surface area (Å²) < 4.78 is 5.03. The number of fused-ring (bicyclic) bond motifs is 6. The maximum atomic E-state index is 2.38. The van der Waals surface area contributed by atoms with E-state index in [1.165, 1.54) is 86.5 Å². The van der Waals surface area contributed by atoms with Crippen LogP contribution < -0.4 is 4.90 Å². The lowest BCUT2D eigenvalue weighted by molar-refractivity contribution is 1.18. The van der Waals surface area contributed by atoms with E-state index in [4.69, 9.17) is 0 Å². The number of para-hydroxylation sites is 2. The van der Waals surface area contributed by atoms with Gasteiger partial charge in [0.05, 0.1) is 11.0 Å². The molecule has 0 fully saturated rings. The summed E-state index contributed by atoms with van der Waals surface area (Å²) in [4.78, 5) is 2.36. The Labute approximate surface area is 370 Å². The number of rotatable bonds is 8. The van der Waals surface area contributed by atoms with Gasteiger partial charge in [-0.05, 0) is 117 Å². The van der Waals surface area contributed by atoms with Crippen LogP contribution in [0, 0.1) is 0 Å². The monoisotopic (exact) mass is 820 g/mol. The summed E-state index contributed by atoms with van der Waals surface area (Å²) in [6.45, 7) is 0. The second kappa shape index (κ2) is 15.5. The number of anilines is 3. The van der Waals surface area contributed by atoms with E-state index in [2.05, 4.69) is 252 Å². The summed E-state index contributed by atoms with van der Waals surface area (Å²) >= 11 is 1.86. The van der Waals surface area contributed by atoms with Crippen molar-refractivity contribution in [3.63, 3.8) is 0 Å². The fourth-order valence-corrected chi connectivity index (χ4v) is 10.4. The van der Waals surface area contributed by atoms with E-state index >= 15 is 0 Å². The van der Waals surface area contributed by atoms with Crippen LogP contribution in [-0.2, 0) is 0 Å². The van der Waals surface area contributed by atoms with E-state index in [0.29, 0.717) is 0 Å². The minimum atomic E-state index is 1.10. The van der Waals surface area contributed by atoms with Crippen LogP contribution in [-0.4, -0.2) is 4.57 Å². The van der Waals surface area contributed by atoms with Gasteiger partial charge in [0.2, 0.25) is 0 Å². The minimum Gasteiger partial charge on any atom is -0.311 e. The second-order valence-corrected chi connectivity index (χ2v) is 17.2. The van der Waals surface area contributed by atoms with Gasteiger partial charge in [0.15, 0.2) is 0 Å². The first-order valence-corrected chi connectivity index (χ1v) is 22.3. The van der Waals surface area contributed by atoms with Crippen LogP contribution in [0.5, 0.6) is 0 Å². The molecule has 0 radical (unpaired) electrons. The van der Waals surface area contributed by atoms with Gasteiger partial charge in [-0.2, -0.15) is 0 Å². The van der Waals surface area contributed by atoms with E-state index < -0.39 is 0 Å². The van der Waals surface area contributed by atoms with Crippen molar-refractivity contribution >= 4 is 70.4 Å². The van der Waals surface area contributed by atoms with Crippen LogP contribution in [0.25, 0.3) is 92.2 Å². The maximum absolute atomic E-state index is 2.38. The number of aromatic nitrogens is 1. The molecule has 0 aliphatic rings. The van der Waals surface area contributed by atoms with E-state index in [-0.39, 0.29) is 0 Å². The molecule has 0 aliphatic carbocycles. The predicted octanol–water partition coefficient (Wildman–Crippen LogP) is 17.3. The SMILES string of the molecule is c1ccc(-c2ccc(-c3ccc(N(c4ccc(-c5ccc6c(c5)sc5ccccc56)cc4)c4ccc(-c5ccc6c7ccccc7n(-c7ccccc7)c6c5)cc4)cc3)cc2)cc1. The van der Waals surface area contributed by atoms with Crippen molar-refractivity contribution in [2.75, 3.05) is 4.90 Å². The van der Waals surface area contributed by atoms with Gasteiger partial charge < -0.3 is 9.47 Å². The van der Waals surface area contributed by atoms with Gasteiger partial charge in [-0.25, -0.2) is 0 Å². The highest BCUT2D eigenvalue weighted by Gasteiger charge is 2.17. The molecule has 0 spiro atoms. The molecular formula is C60H40N2S. The summed E-state index contributed by atoms with van der Waals surface area (Å²) in [6, 6.07) is 88.3. The molecule has 0 amide bonds. The molecule has 0 saturated heterocycles. The number of hydrogen-bond donors (Lipinski definition) is 0. The zero-order valence-electron chi connectivity index (χ0n) is 34.4. The first kappa shape index (κ1) is 36.8. The lowest BCUT2D eigenvalue weighted by atomic mass is 9.99. The Bertz CT molecular complexity index is 3570. The molecule has 0 saturated carbocycles. The van der Waals surface area contributed by atoms with Crippen molar-refractivity contribution in [2.45, 2.75) is 0 Å². The van der Waals surface area contributed by atoms with Crippen LogP contribution in [0.15, 0.2) is 243 Å². The van der Waals surface area contributed by atoms with Gasteiger partial charge >= 0.3 is 0 Å². The van der Waals surface area contributed by atoms with Crippen molar-refractivity contribution in [2.24, 2.45) is 0 Å². The molecule has 0 unspecified atom stereocenters. The minimum absolute atomic E-state index is 1.10. The molecule has 0 aliphatic heterocycles. The summed E-state index contributed by atoms with van der Waals surface area (Å²) in [7, 11) is 0. The van der Waals surface area contributed by atoms with E-state index in [1.807, 2.05) is 11.3 Å². The van der Waals surface area contributed by atoms with E-state index in [0.717, 1.165) is 22.7 Å². The average molecular weight is 821 g/mol. The molecule has 0 bridgehead atoms. The highest BCUT2D eigenvalue weighted by atomic mass is 32.1. The summed E-state index contributed by atoms with van der Waals surface area (Å²) in [5.74, 6) is 0. The third kappa shape index (κ3) is 6.67. The number of benzene rings is 10. The lowest BCUT2D eigenvalue weighted by Gasteiger charge is -2.26. The summed E-state index contributed by atoms with van der Waals surface area (Å²) in [5, 5.41) is 5.16. The molecule has 296 valence electrons. The number of thiophene rings is 1. The van der Waals surface area contributed by atoms with Crippen molar-refractivity contribution in [1.82, 2.24) is 4.57 Å². The molecular weight excluding hydrogens is 781 g/mol. The molecule has 12 aromatic rings. The molecule has 0 atom stereocenters. The topological polar surface area (TPSA) is 8.17 Å². The molecule has 2 nitrogen and oxygen atoms in total. The Morgan fingerprint density at radius 1 is 0.270 bits per heavy atom. The smallest absolute Gasteiger partial charge is 0.0547 e. The summed E-state index contributed by atoms with van der Waals surface area (Å²) in [5.41, 5.74) is 16.5.